The van der Waals surface area contributed by atoms with Crippen LogP contribution in [0.25, 0.3) is 0 Å². The van der Waals surface area contributed by atoms with Crippen molar-refractivity contribution in [2.75, 3.05) is 23.9 Å². The molecular weight excluding hydrogens is 259 g/mol. The summed E-state index contributed by atoms with van der Waals surface area (Å²) in [5.41, 5.74) is 6.92. The summed E-state index contributed by atoms with van der Waals surface area (Å²) in [6.45, 7) is 0.819. The fraction of sp³-hybridized carbons (Fsp3) is 0.500. The van der Waals surface area contributed by atoms with Crippen LogP contribution in [0.15, 0.2) is 12.1 Å². The highest BCUT2D eigenvalue weighted by molar-refractivity contribution is 8.00. The third-order valence-corrected chi connectivity index (χ3v) is 5.10. The summed E-state index contributed by atoms with van der Waals surface area (Å²) in [5, 5.41) is 3.30. The summed E-state index contributed by atoms with van der Waals surface area (Å²) in [5.74, 6) is -0.435. The van der Waals surface area contributed by atoms with Crippen LogP contribution < -0.4 is 11.1 Å². The lowest BCUT2D eigenvalue weighted by Crippen LogP contribution is -2.40. The van der Waals surface area contributed by atoms with Crippen molar-refractivity contribution in [3.8, 4) is 0 Å². The van der Waals surface area contributed by atoms with E-state index < -0.39 is 5.82 Å². The van der Waals surface area contributed by atoms with Crippen LogP contribution in [-0.4, -0.2) is 17.5 Å². The maximum Gasteiger partial charge on any atom is 0.143 e. The average molecular weight is 275 g/mol. The minimum Gasteiger partial charge on any atom is -0.397 e. The summed E-state index contributed by atoms with van der Waals surface area (Å²) in [4.78, 5) is 0. The molecule has 17 heavy (non-hydrogen) atoms. The highest BCUT2D eigenvalue weighted by atomic mass is 35.5. The Morgan fingerprint density at radius 2 is 2.24 bits per heavy atom. The predicted molar refractivity (Wildman–Crippen MR) is 74.4 cm³/mol. The van der Waals surface area contributed by atoms with Crippen molar-refractivity contribution in [1.29, 1.82) is 0 Å². The molecule has 1 aromatic carbocycles. The van der Waals surface area contributed by atoms with Crippen molar-refractivity contribution in [3.63, 3.8) is 0 Å². The first-order chi connectivity index (χ1) is 8.06. The molecule has 1 fully saturated rings. The summed E-state index contributed by atoms with van der Waals surface area (Å²) >= 11 is 7.52. The number of nitrogens with two attached hydrogens (primary N) is 1. The Morgan fingerprint density at radius 3 is 2.76 bits per heavy atom. The van der Waals surface area contributed by atoms with Crippen LogP contribution >= 0.6 is 23.4 Å². The quantitative estimate of drug-likeness (QED) is 0.821. The molecule has 0 aromatic heterocycles. The fourth-order valence-electron chi connectivity index (χ4n) is 2.00. The van der Waals surface area contributed by atoms with Gasteiger partial charge in [0.15, 0.2) is 0 Å². The molecule has 2 rings (SSSR count). The molecule has 0 unspecified atom stereocenters. The van der Waals surface area contributed by atoms with Crippen molar-refractivity contribution in [2.24, 2.45) is 0 Å². The van der Waals surface area contributed by atoms with E-state index in [1.165, 1.54) is 31.4 Å². The second kappa shape index (κ2) is 4.94. The standard InChI is InChI=1S/C12H16ClFN2S/c1-17-12(3-2-4-12)7-16-11-6-9(14)8(13)5-10(11)15/h5-6,16H,2-4,7,15H2,1H3. The molecule has 1 aliphatic carbocycles. The Kier molecular flexibility index (Phi) is 3.73. The molecule has 0 bridgehead atoms. The van der Waals surface area contributed by atoms with E-state index in [1.807, 2.05) is 11.8 Å². The van der Waals surface area contributed by atoms with Gasteiger partial charge in [0.2, 0.25) is 0 Å². The first-order valence-corrected chi connectivity index (χ1v) is 7.20. The number of benzene rings is 1. The van der Waals surface area contributed by atoms with E-state index in [4.69, 9.17) is 17.3 Å². The van der Waals surface area contributed by atoms with Crippen molar-refractivity contribution < 1.29 is 4.39 Å². The maximum atomic E-state index is 13.3. The maximum absolute atomic E-state index is 13.3. The first-order valence-electron chi connectivity index (χ1n) is 5.60. The lowest BCUT2D eigenvalue weighted by molar-refractivity contribution is 0.380. The second-order valence-corrected chi connectivity index (χ2v) is 6.13. The average Bonchev–Trinajstić information content (AvgIpc) is 2.24. The third kappa shape index (κ3) is 2.63. The van der Waals surface area contributed by atoms with Crippen molar-refractivity contribution in [2.45, 2.75) is 24.0 Å². The zero-order valence-corrected chi connectivity index (χ0v) is 11.3. The molecule has 0 atom stereocenters. The normalized spacial score (nSPS) is 17.6. The Balaban J connectivity index is 2.06. The van der Waals surface area contributed by atoms with Gasteiger partial charge in [0.25, 0.3) is 0 Å². The zero-order chi connectivity index (χ0) is 12.5. The molecule has 0 saturated heterocycles. The fourth-order valence-corrected chi connectivity index (χ4v) is 3.08. The van der Waals surface area contributed by atoms with Crippen molar-refractivity contribution >= 4 is 34.7 Å². The zero-order valence-electron chi connectivity index (χ0n) is 9.72. The number of rotatable bonds is 4. The van der Waals surface area contributed by atoms with Gasteiger partial charge in [0.1, 0.15) is 5.82 Å². The smallest absolute Gasteiger partial charge is 0.143 e. The van der Waals surface area contributed by atoms with Crippen LogP contribution in [0.5, 0.6) is 0 Å². The van der Waals surface area contributed by atoms with Gasteiger partial charge in [-0.15, -0.1) is 0 Å². The Morgan fingerprint density at radius 1 is 1.53 bits per heavy atom. The Labute approximate surface area is 110 Å². The molecule has 1 aromatic rings. The van der Waals surface area contributed by atoms with Gasteiger partial charge in [-0.1, -0.05) is 18.0 Å². The summed E-state index contributed by atoms with van der Waals surface area (Å²) < 4.78 is 13.6. The molecule has 94 valence electrons. The summed E-state index contributed by atoms with van der Waals surface area (Å²) in [6.07, 6.45) is 5.80. The molecule has 1 aliphatic rings. The SMILES string of the molecule is CSC1(CNc2cc(F)c(Cl)cc2N)CCC1. The molecule has 1 saturated carbocycles. The van der Waals surface area contributed by atoms with Crippen LogP contribution in [0.1, 0.15) is 19.3 Å². The molecule has 5 heteroatoms. The van der Waals surface area contributed by atoms with E-state index in [2.05, 4.69) is 11.6 Å². The topological polar surface area (TPSA) is 38.0 Å². The molecule has 0 aliphatic heterocycles. The van der Waals surface area contributed by atoms with Crippen LogP contribution in [0.4, 0.5) is 15.8 Å². The molecule has 3 N–H and O–H groups in total. The van der Waals surface area contributed by atoms with E-state index in [0.717, 1.165) is 6.54 Å². The summed E-state index contributed by atoms with van der Waals surface area (Å²) in [6, 6.07) is 2.82. The third-order valence-electron chi connectivity index (χ3n) is 3.39. The highest BCUT2D eigenvalue weighted by Gasteiger charge is 2.35. The van der Waals surface area contributed by atoms with E-state index >= 15 is 0 Å². The predicted octanol–water partition coefficient (Wildman–Crippen LogP) is 3.76. The van der Waals surface area contributed by atoms with Crippen LogP contribution in [0, 0.1) is 5.82 Å². The number of thioether (sulfide) groups is 1. The molecule has 0 amide bonds. The molecule has 0 radical (unpaired) electrons. The van der Waals surface area contributed by atoms with Crippen LogP contribution in [0.3, 0.4) is 0 Å². The monoisotopic (exact) mass is 274 g/mol. The molecule has 2 nitrogen and oxygen atoms in total. The Hall–Kier alpha value is -0.610. The number of halogens is 2. The van der Waals surface area contributed by atoms with E-state index in [0.29, 0.717) is 16.1 Å². The van der Waals surface area contributed by atoms with Crippen molar-refractivity contribution in [1.82, 2.24) is 0 Å². The largest absolute Gasteiger partial charge is 0.397 e. The number of hydrogen-bond donors (Lipinski definition) is 2. The molecule has 0 spiro atoms. The Bertz CT molecular complexity index is 416. The number of anilines is 2. The van der Waals surface area contributed by atoms with Gasteiger partial charge in [-0.05, 0) is 25.2 Å². The number of nitrogens with one attached hydrogen (secondary N) is 1. The lowest BCUT2D eigenvalue weighted by atomic mass is 9.84. The van der Waals surface area contributed by atoms with Gasteiger partial charge in [0.05, 0.1) is 16.4 Å². The van der Waals surface area contributed by atoms with Gasteiger partial charge in [0, 0.05) is 17.4 Å². The molecule has 0 heterocycles. The second-order valence-electron chi connectivity index (χ2n) is 4.45. The lowest BCUT2D eigenvalue weighted by Gasteiger charge is -2.40. The van der Waals surface area contributed by atoms with E-state index in [1.54, 1.807) is 0 Å². The van der Waals surface area contributed by atoms with Gasteiger partial charge in [-0.25, -0.2) is 4.39 Å². The first kappa shape index (κ1) is 12.8. The van der Waals surface area contributed by atoms with Gasteiger partial charge in [-0.2, -0.15) is 11.8 Å². The molecular formula is C12H16ClFN2S. The van der Waals surface area contributed by atoms with Crippen molar-refractivity contribution in [3.05, 3.63) is 23.0 Å². The minimum atomic E-state index is -0.435. The number of nitrogen functional groups attached to an aromatic ring is 1. The van der Waals surface area contributed by atoms with E-state index in [-0.39, 0.29) is 5.02 Å². The van der Waals surface area contributed by atoms with Crippen LogP contribution in [-0.2, 0) is 0 Å². The van der Waals surface area contributed by atoms with Gasteiger partial charge >= 0.3 is 0 Å². The number of hydrogen-bond acceptors (Lipinski definition) is 3. The van der Waals surface area contributed by atoms with Gasteiger partial charge in [-0.3, -0.25) is 0 Å². The minimum absolute atomic E-state index is 0.0660. The highest BCUT2D eigenvalue weighted by Crippen LogP contribution is 2.43. The van der Waals surface area contributed by atoms with Crippen LogP contribution in [0.2, 0.25) is 5.02 Å². The summed E-state index contributed by atoms with van der Waals surface area (Å²) in [7, 11) is 0. The van der Waals surface area contributed by atoms with E-state index in [9.17, 15) is 4.39 Å². The van der Waals surface area contributed by atoms with Gasteiger partial charge < -0.3 is 11.1 Å².